The van der Waals surface area contributed by atoms with E-state index in [9.17, 15) is 14.4 Å². The Morgan fingerprint density at radius 3 is 2.57 bits per heavy atom. The SMILES string of the molecule is CC(C)CNC(=O)NC(=O)COC(=O)c1ccccc1Cc1nc2ccccc2s1. The van der Waals surface area contributed by atoms with Crippen LogP contribution in [-0.4, -0.2) is 36.0 Å². The minimum Gasteiger partial charge on any atom is -0.452 e. The van der Waals surface area contributed by atoms with E-state index in [0.29, 0.717) is 18.5 Å². The lowest BCUT2D eigenvalue weighted by molar-refractivity contribution is -0.123. The van der Waals surface area contributed by atoms with Gasteiger partial charge in [0, 0.05) is 13.0 Å². The van der Waals surface area contributed by atoms with Crippen molar-refractivity contribution in [3.8, 4) is 0 Å². The van der Waals surface area contributed by atoms with Crippen LogP contribution in [0, 0.1) is 5.92 Å². The number of para-hydroxylation sites is 1. The molecule has 2 aromatic carbocycles. The van der Waals surface area contributed by atoms with Crippen LogP contribution < -0.4 is 10.6 Å². The Bertz CT molecular complexity index is 1030. The lowest BCUT2D eigenvalue weighted by Crippen LogP contribution is -2.42. The molecule has 1 heterocycles. The fourth-order valence-electron chi connectivity index (χ4n) is 2.74. The Labute approximate surface area is 178 Å². The minimum atomic E-state index is -0.687. The number of hydrogen-bond donors (Lipinski definition) is 2. The molecule has 0 radical (unpaired) electrons. The third kappa shape index (κ3) is 5.87. The number of aromatic nitrogens is 1. The largest absolute Gasteiger partial charge is 0.452 e. The highest BCUT2D eigenvalue weighted by atomic mass is 32.1. The molecular formula is C22H23N3O4S. The molecule has 7 nitrogen and oxygen atoms in total. The number of thiazole rings is 1. The lowest BCUT2D eigenvalue weighted by atomic mass is 10.1. The van der Waals surface area contributed by atoms with Crippen molar-refractivity contribution in [3.63, 3.8) is 0 Å². The Hall–Kier alpha value is -3.26. The van der Waals surface area contributed by atoms with Gasteiger partial charge in [-0.3, -0.25) is 10.1 Å². The number of carbonyl (C=O) groups is 3. The molecule has 0 aliphatic heterocycles. The molecule has 0 unspecified atom stereocenters. The van der Waals surface area contributed by atoms with Crippen LogP contribution in [0.15, 0.2) is 48.5 Å². The monoisotopic (exact) mass is 425 g/mol. The summed E-state index contributed by atoms with van der Waals surface area (Å²) in [4.78, 5) is 40.6. The van der Waals surface area contributed by atoms with Crippen LogP contribution in [-0.2, 0) is 16.0 Å². The first kappa shape index (κ1) is 21.4. The maximum absolute atomic E-state index is 12.5. The number of carbonyl (C=O) groups excluding carboxylic acids is 3. The molecule has 0 saturated heterocycles. The van der Waals surface area contributed by atoms with E-state index < -0.39 is 24.5 Å². The van der Waals surface area contributed by atoms with E-state index in [2.05, 4.69) is 15.6 Å². The summed E-state index contributed by atoms with van der Waals surface area (Å²) in [6.45, 7) is 3.78. The van der Waals surface area contributed by atoms with Gasteiger partial charge in [0.25, 0.3) is 5.91 Å². The van der Waals surface area contributed by atoms with Crippen LogP contribution in [0.5, 0.6) is 0 Å². The van der Waals surface area contributed by atoms with Crippen molar-refractivity contribution in [2.24, 2.45) is 5.92 Å². The first-order valence-electron chi connectivity index (χ1n) is 9.59. The van der Waals surface area contributed by atoms with Gasteiger partial charge in [-0.05, 0) is 29.7 Å². The number of esters is 1. The van der Waals surface area contributed by atoms with E-state index in [1.54, 1.807) is 23.5 Å². The maximum Gasteiger partial charge on any atom is 0.338 e. The van der Waals surface area contributed by atoms with Crippen LogP contribution in [0.3, 0.4) is 0 Å². The molecule has 3 aromatic rings. The van der Waals surface area contributed by atoms with Crippen LogP contribution in [0.2, 0.25) is 0 Å². The summed E-state index contributed by atoms with van der Waals surface area (Å²) in [5.74, 6) is -1.05. The molecule has 0 saturated carbocycles. The second kappa shape index (κ2) is 9.98. The van der Waals surface area contributed by atoms with Gasteiger partial charge in [-0.25, -0.2) is 14.6 Å². The Balaban J connectivity index is 1.60. The zero-order valence-corrected chi connectivity index (χ0v) is 17.6. The topological polar surface area (TPSA) is 97.4 Å². The molecule has 0 bridgehead atoms. The summed E-state index contributed by atoms with van der Waals surface area (Å²) >= 11 is 1.57. The highest BCUT2D eigenvalue weighted by molar-refractivity contribution is 7.18. The summed E-state index contributed by atoms with van der Waals surface area (Å²) in [5, 5.41) is 5.58. The molecule has 0 aliphatic carbocycles. The van der Waals surface area contributed by atoms with Crippen molar-refractivity contribution in [1.29, 1.82) is 0 Å². The molecule has 0 atom stereocenters. The van der Waals surface area contributed by atoms with Gasteiger partial charge in [0.05, 0.1) is 20.8 Å². The van der Waals surface area contributed by atoms with E-state index >= 15 is 0 Å². The maximum atomic E-state index is 12.5. The van der Waals surface area contributed by atoms with Crippen molar-refractivity contribution in [3.05, 3.63) is 64.7 Å². The van der Waals surface area contributed by atoms with E-state index in [-0.39, 0.29) is 5.92 Å². The number of rotatable bonds is 7. The molecule has 8 heteroatoms. The van der Waals surface area contributed by atoms with Crippen molar-refractivity contribution < 1.29 is 19.1 Å². The van der Waals surface area contributed by atoms with Crippen LogP contribution in [0.25, 0.3) is 10.2 Å². The van der Waals surface area contributed by atoms with Crippen molar-refractivity contribution >= 4 is 39.5 Å². The van der Waals surface area contributed by atoms with Gasteiger partial charge in [-0.2, -0.15) is 0 Å². The average molecular weight is 426 g/mol. The van der Waals surface area contributed by atoms with Crippen molar-refractivity contribution in [2.75, 3.05) is 13.2 Å². The smallest absolute Gasteiger partial charge is 0.338 e. The number of hydrogen-bond acceptors (Lipinski definition) is 6. The van der Waals surface area contributed by atoms with Gasteiger partial charge in [0.15, 0.2) is 6.61 Å². The zero-order chi connectivity index (χ0) is 21.5. The van der Waals surface area contributed by atoms with E-state index in [0.717, 1.165) is 20.8 Å². The fourth-order valence-corrected chi connectivity index (χ4v) is 3.74. The number of nitrogens with one attached hydrogen (secondary N) is 2. The molecular weight excluding hydrogens is 402 g/mol. The predicted octanol–water partition coefficient (Wildman–Crippen LogP) is 3.53. The third-order valence-electron chi connectivity index (χ3n) is 4.18. The van der Waals surface area contributed by atoms with Gasteiger partial charge in [0.2, 0.25) is 0 Å². The molecule has 2 N–H and O–H groups in total. The van der Waals surface area contributed by atoms with Crippen LogP contribution in [0.1, 0.15) is 34.8 Å². The quantitative estimate of drug-likeness (QED) is 0.565. The first-order chi connectivity index (χ1) is 14.4. The number of nitrogens with zero attached hydrogens (tertiary/aromatic N) is 1. The summed E-state index contributed by atoms with van der Waals surface area (Å²) in [7, 11) is 0. The molecule has 0 spiro atoms. The zero-order valence-electron chi connectivity index (χ0n) is 16.8. The molecule has 1 aromatic heterocycles. The van der Waals surface area contributed by atoms with Crippen molar-refractivity contribution in [2.45, 2.75) is 20.3 Å². The normalized spacial score (nSPS) is 10.8. The second-order valence-corrected chi connectivity index (χ2v) is 8.25. The molecule has 156 valence electrons. The van der Waals surface area contributed by atoms with Gasteiger partial charge < -0.3 is 10.1 Å². The summed E-state index contributed by atoms with van der Waals surface area (Å²) in [6, 6.07) is 14.3. The molecule has 0 fully saturated rings. The van der Waals surface area contributed by atoms with Gasteiger partial charge in [-0.1, -0.05) is 44.2 Å². The minimum absolute atomic E-state index is 0.260. The van der Waals surface area contributed by atoms with Crippen molar-refractivity contribution in [1.82, 2.24) is 15.6 Å². The first-order valence-corrected chi connectivity index (χ1v) is 10.4. The second-order valence-electron chi connectivity index (χ2n) is 7.14. The summed E-state index contributed by atoms with van der Waals surface area (Å²) in [6.07, 6.45) is 0.481. The average Bonchev–Trinajstić information content (AvgIpc) is 3.13. The highest BCUT2D eigenvalue weighted by Gasteiger charge is 2.16. The molecule has 0 aliphatic rings. The fraction of sp³-hybridized carbons (Fsp3) is 0.273. The Morgan fingerprint density at radius 2 is 1.80 bits per heavy atom. The number of fused-ring (bicyclic) bond motifs is 1. The third-order valence-corrected chi connectivity index (χ3v) is 5.21. The Morgan fingerprint density at radius 1 is 1.07 bits per heavy atom. The highest BCUT2D eigenvalue weighted by Crippen LogP contribution is 2.24. The number of benzene rings is 2. The number of ether oxygens (including phenoxy) is 1. The standard InChI is InChI=1S/C22H23N3O4S/c1-14(2)12-23-22(28)25-19(26)13-29-21(27)16-8-4-3-7-15(16)11-20-24-17-9-5-6-10-18(17)30-20/h3-10,14H,11-13H2,1-2H3,(H2,23,25,26,28). The van der Waals surface area contributed by atoms with Crippen LogP contribution >= 0.6 is 11.3 Å². The van der Waals surface area contributed by atoms with Gasteiger partial charge in [-0.15, -0.1) is 11.3 Å². The van der Waals surface area contributed by atoms with Crippen LogP contribution in [0.4, 0.5) is 4.79 Å². The van der Waals surface area contributed by atoms with Gasteiger partial charge >= 0.3 is 12.0 Å². The van der Waals surface area contributed by atoms with Gasteiger partial charge in [0.1, 0.15) is 0 Å². The molecule has 3 amide bonds. The predicted molar refractivity (Wildman–Crippen MR) is 116 cm³/mol. The molecule has 3 rings (SSSR count). The number of imide groups is 1. The van der Waals surface area contributed by atoms with E-state index in [1.807, 2.05) is 50.2 Å². The van der Waals surface area contributed by atoms with E-state index in [1.165, 1.54) is 0 Å². The van der Waals surface area contributed by atoms with E-state index in [4.69, 9.17) is 4.74 Å². The number of urea groups is 1. The summed E-state index contributed by atoms with van der Waals surface area (Å²) < 4.78 is 6.19. The lowest BCUT2D eigenvalue weighted by Gasteiger charge is -2.10. The summed E-state index contributed by atoms with van der Waals surface area (Å²) in [5.41, 5.74) is 2.05. The number of amides is 3. The Kier molecular flexibility index (Phi) is 7.13. The molecule has 30 heavy (non-hydrogen) atoms.